The Morgan fingerprint density at radius 3 is 2.43 bits per heavy atom. The van der Waals surface area contributed by atoms with E-state index in [2.05, 4.69) is 0 Å². The molecule has 1 aromatic carbocycles. The number of ether oxygens (including phenoxy) is 1. The van der Waals surface area contributed by atoms with Crippen LogP contribution in [0.1, 0.15) is 45.1 Å². The maximum atomic E-state index is 12.0. The SMILES string of the molecule is CC(C)(C)OC(=O)N1CCC(c2cccc(N)c2N)CC1. The van der Waals surface area contributed by atoms with Crippen molar-refractivity contribution in [3.63, 3.8) is 0 Å². The number of nitrogens with zero attached hydrogens (tertiary/aromatic N) is 1. The van der Waals surface area contributed by atoms with Gasteiger partial charge in [-0.1, -0.05) is 12.1 Å². The van der Waals surface area contributed by atoms with Crippen LogP contribution >= 0.6 is 0 Å². The molecule has 1 fully saturated rings. The number of rotatable bonds is 1. The minimum Gasteiger partial charge on any atom is -0.444 e. The van der Waals surface area contributed by atoms with Gasteiger partial charge in [0.2, 0.25) is 0 Å². The number of hydrogen-bond acceptors (Lipinski definition) is 4. The number of carbonyl (C=O) groups excluding carboxylic acids is 1. The zero-order valence-corrected chi connectivity index (χ0v) is 13.1. The second-order valence-electron chi connectivity index (χ2n) is 6.59. The molecule has 0 spiro atoms. The molecule has 5 heteroatoms. The van der Waals surface area contributed by atoms with Gasteiger partial charge in [0.1, 0.15) is 5.60 Å². The van der Waals surface area contributed by atoms with Crippen LogP contribution in [0.3, 0.4) is 0 Å². The summed E-state index contributed by atoms with van der Waals surface area (Å²) in [5.41, 5.74) is 13.9. The molecular weight excluding hydrogens is 266 g/mol. The average molecular weight is 291 g/mol. The number of carbonyl (C=O) groups is 1. The van der Waals surface area contributed by atoms with Crippen LogP contribution < -0.4 is 11.5 Å². The first-order valence-corrected chi connectivity index (χ1v) is 7.39. The minimum absolute atomic E-state index is 0.235. The molecule has 0 unspecified atom stereocenters. The lowest BCUT2D eigenvalue weighted by Gasteiger charge is -2.34. The van der Waals surface area contributed by atoms with Gasteiger partial charge in [0, 0.05) is 13.1 Å². The molecule has 1 aliphatic rings. The maximum Gasteiger partial charge on any atom is 0.410 e. The predicted molar refractivity (Wildman–Crippen MR) is 85.0 cm³/mol. The Morgan fingerprint density at radius 2 is 1.86 bits per heavy atom. The number of piperidine rings is 1. The molecule has 1 amide bonds. The number of amides is 1. The molecule has 1 aromatic rings. The zero-order valence-electron chi connectivity index (χ0n) is 13.1. The summed E-state index contributed by atoms with van der Waals surface area (Å²) in [6, 6.07) is 5.77. The number of hydrogen-bond donors (Lipinski definition) is 2. The van der Waals surface area contributed by atoms with Gasteiger partial charge in [-0.2, -0.15) is 0 Å². The smallest absolute Gasteiger partial charge is 0.410 e. The summed E-state index contributed by atoms with van der Waals surface area (Å²) in [6.07, 6.45) is 1.53. The Hall–Kier alpha value is -1.91. The summed E-state index contributed by atoms with van der Waals surface area (Å²) >= 11 is 0. The molecule has 0 aromatic heterocycles. The second-order valence-corrected chi connectivity index (χ2v) is 6.59. The van der Waals surface area contributed by atoms with Crippen molar-refractivity contribution in [3.8, 4) is 0 Å². The van der Waals surface area contributed by atoms with Crippen LogP contribution in [-0.4, -0.2) is 29.7 Å². The fourth-order valence-electron chi connectivity index (χ4n) is 2.66. The Kier molecular flexibility index (Phi) is 4.30. The zero-order chi connectivity index (χ0) is 15.6. The summed E-state index contributed by atoms with van der Waals surface area (Å²) in [4.78, 5) is 13.8. The molecule has 1 saturated heterocycles. The number of likely N-dealkylation sites (tertiary alicyclic amines) is 1. The quantitative estimate of drug-likeness (QED) is 0.779. The van der Waals surface area contributed by atoms with Gasteiger partial charge >= 0.3 is 6.09 Å². The number of anilines is 2. The normalized spacial score (nSPS) is 16.8. The van der Waals surface area contributed by atoms with Crippen molar-refractivity contribution < 1.29 is 9.53 Å². The number of nitrogens with two attached hydrogens (primary N) is 2. The van der Waals surface area contributed by atoms with Crippen LogP contribution in [-0.2, 0) is 4.74 Å². The third-order valence-corrected chi connectivity index (χ3v) is 3.76. The first-order valence-electron chi connectivity index (χ1n) is 7.39. The lowest BCUT2D eigenvalue weighted by atomic mass is 9.88. The highest BCUT2D eigenvalue weighted by Crippen LogP contribution is 2.34. The third-order valence-electron chi connectivity index (χ3n) is 3.76. The van der Waals surface area contributed by atoms with Crippen molar-refractivity contribution in [2.24, 2.45) is 0 Å². The molecule has 116 valence electrons. The molecule has 5 nitrogen and oxygen atoms in total. The summed E-state index contributed by atoms with van der Waals surface area (Å²) in [6.45, 7) is 7.02. The lowest BCUT2D eigenvalue weighted by Crippen LogP contribution is -2.41. The Balaban J connectivity index is 1.97. The van der Waals surface area contributed by atoms with Gasteiger partial charge in [0.05, 0.1) is 11.4 Å². The molecule has 0 atom stereocenters. The van der Waals surface area contributed by atoms with Crippen LogP contribution in [0.25, 0.3) is 0 Å². The van der Waals surface area contributed by atoms with Gasteiger partial charge in [0.15, 0.2) is 0 Å². The van der Waals surface area contributed by atoms with E-state index in [0.29, 0.717) is 30.4 Å². The largest absolute Gasteiger partial charge is 0.444 e. The van der Waals surface area contributed by atoms with E-state index in [1.54, 1.807) is 4.90 Å². The Labute approximate surface area is 126 Å². The van der Waals surface area contributed by atoms with Gasteiger partial charge in [-0.15, -0.1) is 0 Å². The van der Waals surface area contributed by atoms with E-state index in [9.17, 15) is 4.79 Å². The van der Waals surface area contributed by atoms with Crippen LogP contribution in [0.5, 0.6) is 0 Å². The maximum absolute atomic E-state index is 12.0. The highest BCUT2D eigenvalue weighted by molar-refractivity contribution is 5.69. The van der Waals surface area contributed by atoms with E-state index in [1.807, 2.05) is 39.0 Å². The molecule has 0 radical (unpaired) electrons. The van der Waals surface area contributed by atoms with Crippen molar-refractivity contribution in [1.29, 1.82) is 0 Å². The number of nitrogen functional groups attached to an aromatic ring is 2. The molecule has 21 heavy (non-hydrogen) atoms. The van der Waals surface area contributed by atoms with Gasteiger partial charge < -0.3 is 21.1 Å². The molecule has 4 N–H and O–H groups in total. The molecule has 0 saturated carbocycles. The highest BCUT2D eigenvalue weighted by Gasteiger charge is 2.28. The first-order chi connectivity index (χ1) is 9.78. The highest BCUT2D eigenvalue weighted by atomic mass is 16.6. The van der Waals surface area contributed by atoms with E-state index in [-0.39, 0.29) is 6.09 Å². The van der Waals surface area contributed by atoms with Crippen LogP contribution in [0.2, 0.25) is 0 Å². The molecular formula is C16H25N3O2. The van der Waals surface area contributed by atoms with Crippen molar-refractivity contribution in [2.75, 3.05) is 24.6 Å². The third kappa shape index (κ3) is 3.80. The van der Waals surface area contributed by atoms with Gasteiger partial charge in [-0.25, -0.2) is 4.79 Å². The van der Waals surface area contributed by atoms with Crippen molar-refractivity contribution in [2.45, 2.75) is 45.1 Å². The van der Waals surface area contributed by atoms with Crippen LogP contribution in [0, 0.1) is 0 Å². The molecule has 2 rings (SSSR count). The molecule has 0 bridgehead atoms. The summed E-state index contributed by atoms with van der Waals surface area (Å²) in [5, 5.41) is 0. The van der Waals surface area contributed by atoms with Crippen molar-refractivity contribution in [1.82, 2.24) is 4.90 Å². The number of para-hydroxylation sites is 1. The van der Waals surface area contributed by atoms with Crippen molar-refractivity contribution in [3.05, 3.63) is 23.8 Å². The lowest BCUT2D eigenvalue weighted by molar-refractivity contribution is 0.0205. The standard InChI is InChI=1S/C16H25N3O2/c1-16(2,3)21-15(20)19-9-7-11(8-10-19)12-5-4-6-13(17)14(12)18/h4-6,11H,7-10,17-18H2,1-3H3. The Morgan fingerprint density at radius 1 is 1.24 bits per heavy atom. The first kappa shape index (κ1) is 15.5. The topological polar surface area (TPSA) is 81.6 Å². The van der Waals surface area contributed by atoms with Gasteiger partial charge in [-0.05, 0) is 51.2 Å². The van der Waals surface area contributed by atoms with E-state index < -0.39 is 5.60 Å². The van der Waals surface area contributed by atoms with E-state index in [1.165, 1.54) is 0 Å². The van der Waals surface area contributed by atoms with Gasteiger partial charge in [0.25, 0.3) is 0 Å². The molecule has 1 aliphatic heterocycles. The number of benzene rings is 1. The van der Waals surface area contributed by atoms with Crippen molar-refractivity contribution >= 4 is 17.5 Å². The summed E-state index contributed by atoms with van der Waals surface area (Å²) in [7, 11) is 0. The predicted octanol–water partition coefficient (Wildman–Crippen LogP) is 2.97. The fourth-order valence-corrected chi connectivity index (χ4v) is 2.66. The van der Waals surface area contributed by atoms with Gasteiger partial charge in [-0.3, -0.25) is 0 Å². The van der Waals surface area contributed by atoms with Crippen LogP contribution in [0.15, 0.2) is 18.2 Å². The average Bonchev–Trinajstić information content (AvgIpc) is 2.40. The summed E-state index contributed by atoms with van der Waals surface area (Å²) in [5.74, 6) is 0.354. The summed E-state index contributed by atoms with van der Waals surface area (Å²) < 4.78 is 5.40. The second kappa shape index (κ2) is 5.84. The minimum atomic E-state index is -0.452. The van der Waals surface area contributed by atoms with E-state index in [0.717, 1.165) is 18.4 Å². The molecule has 1 heterocycles. The van der Waals surface area contributed by atoms with E-state index >= 15 is 0 Å². The molecule has 0 aliphatic carbocycles. The Bertz CT molecular complexity index is 515. The van der Waals surface area contributed by atoms with E-state index in [4.69, 9.17) is 16.2 Å². The fraction of sp³-hybridized carbons (Fsp3) is 0.562. The van der Waals surface area contributed by atoms with Crippen LogP contribution in [0.4, 0.5) is 16.2 Å². The monoisotopic (exact) mass is 291 g/mol.